The van der Waals surface area contributed by atoms with E-state index in [9.17, 15) is 23.1 Å². The zero-order chi connectivity index (χ0) is 20.7. The van der Waals surface area contributed by atoms with Gasteiger partial charge in [0, 0.05) is 12.3 Å². The highest BCUT2D eigenvalue weighted by Gasteiger charge is 2.38. The van der Waals surface area contributed by atoms with Gasteiger partial charge in [0.05, 0.1) is 17.4 Å². The van der Waals surface area contributed by atoms with E-state index in [1.165, 1.54) is 12.1 Å². The molecule has 1 aromatic rings. The van der Waals surface area contributed by atoms with Crippen molar-refractivity contribution >= 4 is 21.6 Å². The van der Waals surface area contributed by atoms with Gasteiger partial charge in [-0.25, -0.2) is 8.42 Å². The van der Waals surface area contributed by atoms with E-state index in [-0.39, 0.29) is 36.4 Å². The van der Waals surface area contributed by atoms with Crippen LogP contribution >= 0.6 is 0 Å². The Bertz CT molecular complexity index is 813. The lowest BCUT2D eigenvalue weighted by Gasteiger charge is -2.22. The van der Waals surface area contributed by atoms with Crippen molar-refractivity contribution in [2.75, 3.05) is 0 Å². The van der Waals surface area contributed by atoms with Gasteiger partial charge in [-0.3, -0.25) is 9.59 Å². The van der Waals surface area contributed by atoms with Gasteiger partial charge in [-0.15, -0.1) is 0 Å². The van der Waals surface area contributed by atoms with Crippen LogP contribution in [0.15, 0.2) is 46.9 Å². The van der Waals surface area contributed by atoms with Gasteiger partial charge < -0.3 is 10.2 Å². The van der Waals surface area contributed by atoms with Gasteiger partial charge in [-0.2, -0.15) is 0 Å². The number of sulfone groups is 1. The van der Waals surface area contributed by atoms with E-state index < -0.39 is 33.1 Å². The van der Waals surface area contributed by atoms with Crippen LogP contribution in [0.5, 0.6) is 0 Å². The number of benzene rings is 1. The first kappa shape index (κ1) is 22.3. The normalized spacial score (nSPS) is 20.6. The fraction of sp³-hybridized carbons (Fsp3) is 0.524. The van der Waals surface area contributed by atoms with E-state index in [0.717, 1.165) is 12.8 Å². The minimum atomic E-state index is -3.91. The minimum Gasteiger partial charge on any atom is -0.481 e. The molecule has 1 aliphatic rings. The average molecular weight is 409 g/mol. The monoisotopic (exact) mass is 408 g/mol. The molecule has 0 aliphatic heterocycles. The Kier molecular flexibility index (Phi) is 7.95. The Hall–Kier alpha value is -1.99. The summed E-state index contributed by atoms with van der Waals surface area (Å²) in [5.74, 6) is -2.07. The lowest BCUT2D eigenvalue weighted by Crippen LogP contribution is -2.32. The van der Waals surface area contributed by atoms with Crippen LogP contribution < -0.4 is 0 Å². The maximum absolute atomic E-state index is 13.2. The molecule has 0 saturated carbocycles. The summed E-state index contributed by atoms with van der Waals surface area (Å²) in [6.45, 7) is 2.00. The number of ketones is 1. The maximum Gasteiger partial charge on any atom is 0.304 e. The predicted octanol–water partition coefficient (Wildman–Crippen LogP) is 3.15. The van der Waals surface area contributed by atoms with Crippen molar-refractivity contribution in [2.45, 2.75) is 68.1 Å². The Balaban J connectivity index is 2.31. The molecule has 7 heteroatoms. The van der Waals surface area contributed by atoms with Gasteiger partial charge in [0.2, 0.25) is 0 Å². The van der Waals surface area contributed by atoms with Crippen molar-refractivity contribution in [3.05, 3.63) is 42.0 Å². The third-order valence-corrected chi connectivity index (χ3v) is 7.32. The smallest absolute Gasteiger partial charge is 0.304 e. The van der Waals surface area contributed by atoms with E-state index in [1.54, 1.807) is 24.3 Å². The molecular formula is C21H28O6S. The van der Waals surface area contributed by atoms with Crippen molar-refractivity contribution in [2.24, 2.45) is 5.92 Å². The largest absolute Gasteiger partial charge is 0.481 e. The second-order valence-corrected chi connectivity index (χ2v) is 9.39. The number of Topliss-reactive ketones (excluding diaryl/α,β-unsaturated/α-hetero) is 1. The molecule has 0 fully saturated rings. The Morgan fingerprint density at radius 3 is 2.46 bits per heavy atom. The first-order valence-corrected chi connectivity index (χ1v) is 11.2. The summed E-state index contributed by atoms with van der Waals surface area (Å²) >= 11 is 0. The highest BCUT2D eigenvalue weighted by atomic mass is 32.2. The topological polar surface area (TPSA) is 109 Å². The Labute approximate surface area is 166 Å². The number of carboxylic acids is 1. The second-order valence-electron chi connectivity index (χ2n) is 7.26. The van der Waals surface area contributed by atoms with Crippen molar-refractivity contribution < 1.29 is 28.2 Å². The number of unbranched alkanes of at least 4 members (excludes halogenated alkanes) is 2. The zero-order valence-corrected chi connectivity index (χ0v) is 16.9. The number of aliphatic carboxylic acids is 1. The molecule has 0 saturated heterocycles. The lowest BCUT2D eigenvalue weighted by molar-refractivity contribution is -0.138. The molecule has 1 aromatic carbocycles. The van der Waals surface area contributed by atoms with Crippen LogP contribution in [0.25, 0.3) is 0 Å². The third kappa shape index (κ3) is 5.52. The highest BCUT2D eigenvalue weighted by Crippen LogP contribution is 2.35. The summed E-state index contributed by atoms with van der Waals surface area (Å²) in [5, 5.41) is 17.9. The molecule has 154 valence electrons. The molecule has 0 aromatic heterocycles. The molecule has 2 N–H and O–H groups in total. The summed E-state index contributed by atoms with van der Waals surface area (Å²) in [6.07, 6.45) is 3.29. The molecule has 0 amide bonds. The fourth-order valence-electron chi connectivity index (χ4n) is 3.62. The molecule has 0 spiro atoms. The van der Waals surface area contributed by atoms with Crippen LogP contribution in [0, 0.1) is 5.92 Å². The molecule has 3 unspecified atom stereocenters. The fourth-order valence-corrected chi connectivity index (χ4v) is 5.36. The van der Waals surface area contributed by atoms with Gasteiger partial charge in [-0.1, -0.05) is 49.6 Å². The van der Waals surface area contributed by atoms with Crippen molar-refractivity contribution in [1.29, 1.82) is 0 Å². The van der Waals surface area contributed by atoms with Gasteiger partial charge in [-0.05, 0) is 31.4 Å². The number of aliphatic hydroxyl groups excluding tert-OH is 1. The lowest BCUT2D eigenvalue weighted by atomic mass is 9.91. The summed E-state index contributed by atoms with van der Waals surface area (Å²) in [7, 11) is -3.91. The van der Waals surface area contributed by atoms with Crippen LogP contribution in [0.2, 0.25) is 0 Å². The number of carboxylic acid groups (broad SMARTS) is 1. The number of aliphatic hydroxyl groups is 1. The van der Waals surface area contributed by atoms with E-state index in [2.05, 4.69) is 0 Å². The molecule has 0 bridgehead atoms. The number of carbonyl (C=O) groups excluding carboxylic acids is 1. The van der Waals surface area contributed by atoms with Crippen LogP contribution in [-0.4, -0.2) is 41.7 Å². The SMILES string of the molecule is CCCCCC(=O)C(CC1=CCC(O)C1CC(=O)O)S(=O)(=O)c1ccccc1. The van der Waals surface area contributed by atoms with Crippen LogP contribution in [-0.2, 0) is 19.4 Å². The molecule has 3 atom stereocenters. The minimum absolute atomic E-state index is 0.0722. The van der Waals surface area contributed by atoms with Crippen molar-refractivity contribution in [3.63, 3.8) is 0 Å². The van der Waals surface area contributed by atoms with Crippen molar-refractivity contribution in [1.82, 2.24) is 0 Å². The molecule has 6 nitrogen and oxygen atoms in total. The molecule has 0 heterocycles. The van der Waals surface area contributed by atoms with Gasteiger partial charge in [0.15, 0.2) is 15.6 Å². The third-order valence-electron chi connectivity index (χ3n) is 5.21. The highest BCUT2D eigenvalue weighted by molar-refractivity contribution is 7.92. The first-order valence-electron chi connectivity index (χ1n) is 9.67. The predicted molar refractivity (Wildman–Crippen MR) is 106 cm³/mol. The van der Waals surface area contributed by atoms with E-state index >= 15 is 0 Å². The number of hydrogen-bond donors (Lipinski definition) is 2. The maximum atomic E-state index is 13.2. The van der Waals surface area contributed by atoms with E-state index in [1.807, 2.05) is 6.92 Å². The second kappa shape index (κ2) is 9.98. The summed E-state index contributed by atoms with van der Waals surface area (Å²) < 4.78 is 26.4. The molecule has 0 radical (unpaired) electrons. The first-order chi connectivity index (χ1) is 13.3. The van der Waals surface area contributed by atoms with Crippen molar-refractivity contribution in [3.8, 4) is 0 Å². The van der Waals surface area contributed by atoms with Gasteiger partial charge in [0.25, 0.3) is 0 Å². The summed E-state index contributed by atoms with van der Waals surface area (Å²) in [4.78, 5) is 24.1. The molecule has 2 rings (SSSR count). The zero-order valence-electron chi connectivity index (χ0n) is 16.1. The standard InChI is InChI=1S/C21H28O6S/c1-2-3-5-10-19(23)20(28(26,27)16-8-6-4-7-9-16)13-15-11-12-18(22)17(15)14-21(24)25/h4,6-9,11,17-18,20,22H,2-3,5,10,12-14H2,1H3,(H,24,25). The number of carbonyl (C=O) groups is 2. The van der Waals surface area contributed by atoms with Crippen LogP contribution in [0.3, 0.4) is 0 Å². The summed E-state index contributed by atoms with van der Waals surface area (Å²) in [5.41, 5.74) is 0.545. The van der Waals surface area contributed by atoms with E-state index in [0.29, 0.717) is 12.0 Å². The van der Waals surface area contributed by atoms with Crippen LogP contribution in [0.4, 0.5) is 0 Å². The Morgan fingerprint density at radius 1 is 1.18 bits per heavy atom. The average Bonchev–Trinajstić information content (AvgIpc) is 2.99. The number of rotatable bonds is 11. The summed E-state index contributed by atoms with van der Waals surface area (Å²) in [6, 6.07) is 7.85. The molecule has 1 aliphatic carbocycles. The molecular weight excluding hydrogens is 380 g/mol. The van der Waals surface area contributed by atoms with Gasteiger partial charge >= 0.3 is 5.97 Å². The quantitative estimate of drug-likeness (QED) is 0.430. The van der Waals surface area contributed by atoms with E-state index in [4.69, 9.17) is 5.11 Å². The molecule has 28 heavy (non-hydrogen) atoms. The number of hydrogen-bond acceptors (Lipinski definition) is 5. The van der Waals surface area contributed by atoms with Crippen LogP contribution in [0.1, 0.15) is 51.9 Å². The van der Waals surface area contributed by atoms with Gasteiger partial charge in [0.1, 0.15) is 5.25 Å². The Morgan fingerprint density at radius 2 is 1.86 bits per heavy atom.